The number of carbonyl (C=O) groups excluding carboxylic acids is 2. The largest absolute Gasteiger partial charge is 1.00 e. The summed E-state index contributed by atoms with van der Waals surface area (Å²) in [6.45, 7) is 7.60. The van der Waals surface area contributed by atoms with Crippen LogP contribution in [0.2, 0.25) is 5.02 Å². The first-order valence-corrected chi connectivity index (χ1v) is 13.3. The Hall–Kier alpha value is -2.20. The summed E-state index contributed by atoms with van der Waals surface area (Å²) in [5.41, 5.74) is 7.08. The lowest BCUT2D eigenvalue weighted by molar-refractivity contribution is -0.374. The van der Waals surface area contributed by atoms with Crippen molar-refractivity contribution in [1.29, 1.82) is 0 Å². The van der Waals surface area contributed by atoms with Gasteiger partial charge in [-0.2, -0.15) is 0 Å². The number of quaternary nitrogens is 1. The molecule has 1 aliphatic rings. The molecular weight excluding hydrogens is 529 g/mol. The fourth-order valence-corrected chi connectivity index (χ4v) is 4.65. The second kappa shape index (κ2) is 16.7. The molecule has 1 heterocycles. The maximum atomic E-state index is 13.0. The highest BCUT2D eigenvalue weighted by molar-refractivity contribution is 6.30. The number of anilines is 2. The molecular formula is C28H39Cl2N3O5. The van der Waals surface area contributed by atoms with E-state index in [2.05, 4.69) is 11.1 Å². The molecule has 10 heteroatoms. The van der Waals surface area contributed by atoms with Gasteiger partial charge in [0.1, 0.15) is 0 Å². The van der Waals surface area contributed by atoms with E-state index >= 15 is 0 Å². The van der Waals surface area contributed by atoms with E-state index in [4.69, 9.17) is 25.8 Å². The molecule has 210 valence electrons. The minimum absolute atomic E-state index is 0. The summed E-state index contributed by atoms with van der Waals surface area (Å²) >= 11 is 6.04. The summed E-state index contributed by atoms with van der Waals surface area (Å²) in [4.78, 5) is 27.2. The summed E-state index contributed by atoms with van der Waals surface area (Å²) in [5.74, 6) is 0.0492. The number of carbonyl (C=O) groups is 2. The predicted molar refractivity (Wildman–Crippen MR) is 145 cm³/mol. The van der Waals surface area contributed by atoms with E-state index in [1.165, 1.54) is 0 Å². The molecule has 0 spiro atoms. The zero-order valence-electron chi connectivity index (χ0n) is 22.2. The average Bonchev–Trinajstić information content (AvgIpc) is 2.88. The fraction of sp³-hybridized carbons (Fsp3) is 0.500. The van der Waals surface area contributed by atoms with Crippen LogP contribution in [-0.4, -0.2) is 63.9 Å². The molecule has 3 rings (SSSR count). The van der Waals surface area contributed by atoms with Gasteiger partial charge in [-0.1, -0.05) is 11.6 Å². The molecule has 0 radical (unpaired) electrons. The summed E-state index contributed by atoms with van der Waals surface area (Å²) in [6, 6.07) is 13.2. The van der Waals surface area contributed by atoms with Gasteiger partial charge >= 0.3 is 0 Å². The molecule has 38 heavy (non-hydrogen) atoms. The monoisotopic (exact) mass is 567 g/mol. The van der Waals surface area contributed by atoms with E-state index in [9.17, 15) is 9.59 Å². The third kappa shape index (κ3) is 9.52. The van der Waals surface area contributed by atoms with E-state index in [0.717, 1.165) is 29.9 Å². The van der Waals surface area contributed by atoms with Crippen LogP contribution in [0, 0.1) is 0 Å². The predicted octanol–water partition coefficient (Wildman–Crippen LogP) is 0.897. The molecule has 8 nitrogen and oxygen atoms in total. The Labute approximate surface area is 236 Å². The van der Waals surface area contributed by atoms with Gasteiger partial charge in [-0.05, 0) is 67.8 Å². The van der Waals surface area contributed by atoms with Crippen LogP contribution in [0.15, 0.2) is 42.5 Å². The van der Waals surface area contributed by atoms with Crippen molar-refractivity contribution in [2.24, 2.45) is 0 Å². The van der Waals surface area contributed by atoms with Crippen LogP contribution in [0.3, 0.4) is 0 Å². The van der Waals surface area contributed by atoms with E-state index in [-0.39, 0.29) is 36.2 Å². The summed E-state index contributed by atoms with van der Waals surface area (Å²) in [5, 5.41) is 4.23. The summed E-state index contributed by atoms with van der Waals surface area (Å²) in [6.07, 6.45) is 1.75. The number of ketones is 1. The molecule has 2 atom stereocenters. The Balaban J connectivity index is 0.00000507. The van der Waals surface area contributed by atoms with Gasteiger partial charge in [0.25, 0.3) is 0 Å². The first-order chi connectivity index (χ1) is 17.9. The van der Waals surface area contributed by atoms with Crippen LogP contribution >= 0.6 is 11.6 Å². The number of benzene rings is 2. The second-order valence-electron chi connectivity index (χ2n) is 9.17. The van der Waals surface area contributed by atoms with Gasteiger partial charge in [-0.3, -0.25) is 9.59 Å². The Morgan fingerprint density at radius 3 is 2.26 bits per heavy atom. The number of hydrogen-bond acceptors (Lipinski definition) is 6. The third-order valence-electron chi connectivity index (χ3n) is 6.25. The van der Waals surface area contributed by atoms with Crippen LogP contribution in [0.1, 0.15) is 55.1 Å². The Morgan fingerprint density at radius 2 is 1.63 bits per heavy atom. The van der Waals surface area contributed by atoms with Crippen molar-refractivity contribution in [3.63, 3.8) is 0 Å². The lowest BCUT2D eigenvalue weighted by Crippen LogP contribution is -3.00. The number of nitrogens with one attached hydrogen (secondary N) is 1. The van der Waals surface area contributed by atoms with E-state index in [1.807, 2.05) is 54.3 Å². The molecule has 0 fully saturated rings. The number of halogens is 2. The zero-order valence-corrected chi connectivity index (χ0v) is 23.7. The summed E-state index contributed by atoms with van der Waals surface area (Å²) in [7, 11) is 0. The Kier molecular flexibility index (Phi) is 14.1. The number of hydrogen-bond donors (Lipinski definition) is 2. The van der Waals surface area contributed by atoms with E-state index in [1.54, 1.807) is 6.92 Å². The Bertz CT molecular complexity index is 1020. The molecule has 0 saturated heterocycles. The van der Waals surface area contributed by atoms with Crippen molar-refractivity contribution in [3.8, 4) is 0 Å². The topological polar surface area (TPSA) is 105 Å². The van der Waals surface area contributed by atoms with Crippen LogP contribution < -0.4 is 28.4 Å². The van der Waals surface area contributed by atoms with E-state index < -0.39 is 0 Å². The smallest absolute Gasteiger partial charge is 0.224 e. The highest BCUT2D eigenvalue weighted by atomic mass is 35.5. The number of nitrogens with zero attached hydrogens (tertiary/aromatic N) is 1. The molecule has 0 bridgehead atoms. The van der Waals surface area contributed by atoms with Crippen LogP contribution in [0.5, 0.6) is 0 Å². The molecule has 0 unspecified atom stereocenters. The molecule has 0 saturated carbocycles. The first-order valence-electron chi connectivity index (χ1n) is 12.9. The van der Waals surface area contributed by atoms with Crippen molar-refractivity contribution < 1.29 is 41.9 Å². The molecule has 0 aromatic heterocycles. The Morgan fingerprint density at radius 1 is 1.00 bits per heavy atom. The number of ether oxygens (including phenoxy) is 3. The zero-order chi connectivity index (χ0) is 26.6. The minimum atomic E-state index is -0.0399. The molecule has 0 aliphatic carbocycles. The third-order valence-corrected chi connectivity index (χ3v) is 6.50. The second-order valence-corrected chi connectivity index (χ2v) is 9.60. The standard InChI is InChI=1S/C28H38ClN3O5.ClH/c1-20-18-26(31-24-8-6-23(29)7-9-24)25-19-22(5-10-27(25)32(20)21(2)33)28(34)4-3-12-35-14-16-37-17-15-36-13-11-30;/h5-10,19-20,26,31H,3-4,11-18,30H2,1-2H3;1H/t20-,26+;/m0./s1. The number of Topliss-reactive ketones (excluding diaryl/α,β-unsaturated/α-hetero) is 1. The molecule has 4 N–H and O–H groups in total. The molecule has 1 aliphatic heterocycles. The normalized spacial score (nSPS) is 16.5. The van der Waals surface area contributed by atoms with Gasteiger partial charge in [-0.15, -0.1) is 0 Å². The number of rotatable bonds is 15. The first kappa shape index (κ1) is 32.0. The van der Waals surface area contributed by atoms with Crippen molar-refractivity contribution in [3.05, 3.63) is 58.6 Å². The van der Waals surface area contributed by atoms with Crippen molar-refractivity contribution in [2.45, 2.75) is 45.2 Å². The SMILES string of the molecule is CC(=O)N1c2ccc(C(=O)CCCOCCOCCOCC[NH3+])cc2[C@H](Nc2ccc(Cl)cc2)C[C@@H]1C.[Cl-]. The van der Waals surface area contributed by atoms with Gasteiger partial charge in [0, 0.05) is 48.0 Å². The fourth-order valence-electron chi connectivity index (χ4n) is 4.52. The quantitative estimate of drug-likeness (QED) is 0.245. The lowest BCUT2D eigenvalue weighted by Gasteiger charge is -2.39. The highest BCUT2D eigenvalue weighted by Gasteiger charge is 2.33. The summed E-state index contributed by atoms with van der Waals surface area (Å²) < 4.78 is 16.3. The van der Waals surface area contributed by atoms with Gasteiger partial charge in [0.15, 0.2) is 5.78 Å². The maximum Gasteiger partial charge on any atom is 0.224 e. The molecule has 1 amide bonds. The minimum Gasteiger partial charge on any atom is -1.00 e. The number of fused-ring (bicyclic) bond motifs is 1. The van der Waals surface area contributed by atoms with Crippen LogP contribution in [0.25, 0.3) is 0 Å². The highest BCUT2D eigenvalue weighted by Crippen LogP contribution is 2.40. The number of amides is 1. The van der Waals surface area contributed by atoms with Crippen molar-refractivity contribution in [2.75, 3.05) is 56.4 Å². The maximum absolute atomic E-state index is 13.0. The van der Waals surface area contributed by atoms with Gasteiger partial charge in [-0.25, -0.2) is 0 Å². The van der Waals surface area contributed by atoms with Crippen LogP contribution in [-0.2, 0) is 19.0 Å². The van der Waals surface area contributed by atoms with Gasteiger partial charge < -0.3 is 42.6 Å². The molecule has 2 aromatic rings. The van der Waals surface area contributed by atoms with Crippen LogP contribution in [0.4, 0.5) is 11.4 Å². The lowest BCUT2D eigenvalue weighted by atomic mass is 9.89. The molecule has 2 aromatic carbocycles. The van der Waals surface area contributed by atoms with Crippen molar-refractivity contribution >= 4 is 34.7 Å². The van der Waals surface area contributed by atoms with E-state index in [0.29, 0.717) is 63.1 Å². The average molecular weight is 569 g/mol. The van der Waals surface area contributed by atoms with Gasteiger partial charge in [0.2, 0.25) is 5.91 Å². The van der Waals surface area contributed by atoms with Crippen molar-refractivity contribution in [1.82, 2.24) is 0 Å². The van der Waals surface area contributed by atoms with Gasteiger partial charge in [0.05, 0.1) is 45.6 Å².